The molecule has 7 nitrogen and oxygen atoms in total. The fraction of sp³-hybridized carbons (Fsp3) is 0.229. The topological polar surface area (TPSA) is 74.9 Å². The van der Waals surface area contributed by atoms with Gasteiger partial charge in [-0.3, -0.25) is 4.79 Å². The Morgan fingerprint density at radius 2 is 1.73 bits per heavy atom. The number of hydrogen-bond donors (Lipinski definition) is 0. The molecule has 0 N–H and O–H groups in total. The minimum Gasteiger partial charge on any atom is -0.494 e. The Labute approximate surface area is 276 Å². The van der Waals surface area contributed by atoms with E-state index in [4.69, 9.17) is 54.0 Å². The van der Waals surface area contributed by atoms with Gasteiger partial charge in [0.2, 0.25) is 0 Å². The molecule has 0 saturated carbocycles. The van der Waals surface area contributed by atoms with Crippen molar-refractivity contribution in [3.63, 3.8) is 0 Å². The summed E-state index contributed by atoms with van der Waals surface area (Å²) in [5, 5.41) is 6.40. The van der Waals surface area contributed by atoms with Crippen molar-refractivity contribution in [2.75, 3.05) is 13.7 Å². The summed E-state index contributed by atoms with van der Waals surface area (Å²) in [4.78, 5) is 18.9. The van der Waals surface area contributed by atoms with Gasteiger partial charge in [0.1, 0.15) is 12.4 Å². The lowest BCUT2D eigenvalue weighted by Gasteiger charge is -2.18. The minimum absolute atomic E-state index is 0.168. The Kier molecular flexibility index (Phi) is 10.0. The first-order chi connectivity index (χ1) is 21.6. The lowest BCUT2D eigenvalue weighted by atomic mass is 9.96. The van der Waals surface area contributed by atoms with Crippen LogP contribution in [0.25, 0.3) is 22.3 Å². The zero-order chi connectivity index (χ0) is 32.2. The van der Waals surface area contributed by atoms with E-state index in [2.05, 4.69) is 18.9 Å². The molecule has 10 heteroatoms. The zero-order valence-corrected chi connectivity index (χ0v) is 27.8. The molecule has 0 fully saturated rings. The maximum Gasteiger partial charge on any atom is 0.282 e. The highest BCUT2D eigenvalue weighted by atomic mass is 35.5. The Morgan fingerprint density at radius 1 is 0.956 bits per heavy atom. The van der Waals surface area contributed by atoms with E-state index in [-0.39, 0.29) is 18.1 Å². The van der Waals surface area contributed by atoms with Crippen molar-refractivity contribution in [2.24, 2.45) is 5.10 Å². The van der Waals surface area contributed by atoms with Crippen LogP contribution in [0.3, 0.4) is 0 Å². The molecule has 0 atom stereocenters. The number of aryl methyl sites for hydroxylation is 1. The Balaban J connectivity index is 1.66. The molecule has 5 rings (SSSR count). The number of fused-ring (bicyclic) bond motifs is 1. The molecule has 1 aromatic heterocycles. The molecule has 0 radical (unpaired) electrons. The number of methoxy groups -OCH3 is 1. The summed E-state index contributed by atoms with van der Waals surface area (Å²) in [5.74, 6) is 2.16. The summed E-state index contributed by atoms with van der Waals surface area (Å²) in [7, 11) is 1.52. The second-order valence-electron chi connectivity index (χ2n) is 10.7. The van der Waals surface area contributed by atoms with Crippen LogP contribution in [-0.2, 0) is 6.61 Å². The third kappa shape index (κ3) is 6.96. The predicted octanol–water partition coefficient (Wildman–Crippen LogP) is 9.32. The highest BCUT2D eigenvalue weighted by Crippen LogP contribution is 2.36. The lowest BCUT2D eigenvalue weighted by Crippen LogP contribution is -2.21. The number of para-hydroxylation sites is 1. The van der Waals surface area contributed by atoms with Crippen molar-refractivity contribution in [1.82, 2.24) is 9.66 Å². The van der Waals surface area contributed by atoms with Gasteiger partial charge in [-0.05, 0) is 78.9 Å². The average Bonchev–Trinajstić information content (AvgIpc) is 3.01. The Hall–Kier alpha value is -4.04. The maximum absolute atomic E-state index is 14.0. The van der Waals surface area contributed by atoms with E-state index in [9.17, 15) is 4.79 Å². The molecule has 0 aliphatic heterocycles. The third-order valence-corrected chi connectivity index (χ3v) is 8.18. The summed E-state index contributed by atoms with van der Waals surface area (Å²) in [6.45, 7) is 8.83. The monoisotopic (exact) mass is 663 g/mol. The number of halogens is 3. The molecule has 0 bridgehead atoms. The van der Waals surface area contributed by atoms with Crippen molar-refractivity contribution < 1.29 is 14.2 Å². The molecular weight excluding hydrogens is 633 g/mol. The van der Waals surface area contributed by atoms with Crippen LogP contribution < -0.4 is 19.8 Å². The Bertz CT molecular complexity index is 1970. The molecule has 0 amide bonds. The van der Waals surface area contributed by atoms with Gasteiger partial charge in [-0.1, -0.05) is 66.8 Å². The minimum atomic E-state index is -0.321. The molecule has 45 heavy (non-hydrogen) atoms. The van der Waals surface area contributed by atoms with Crippen LogP contribution in [-0.4, -0.2) is 29.6 Å². The number of nitrogens with zero attached hydrogens (tertiary/aromatic N) is 3. The van der Waals surface area contributed by atoms with Crippen molar-refractivity contribution in [3.05, 3.63) is 114 Å². The highest BCUT2D eigenvalue weighted by molar-refractivity contribution is 6.42. The van der Waals surface area contributed by atoms with Crippen LogP contribution in [0.5, 0.6) is 17.2 Å². The molecule has 232 valence electrons. The van der Waals surface area contributed by atoms with Gasteiger partial charge in [0.25, 0.3) is 5.56 Å². The van der Waals surface area contributed by atoms with E-state index in [1.165, 1.54) is 18.0 Å². The molecular formula is C35H32Cl3N3O4. The molecule has 4 aromatic carbocycles. The van der Waals surface area contributed by atoms with Gasteiger partial charge in [0.15, 0.2) is 17.3 Å². The van der Waals surface area contributed by atoms with Gasteiger partial charge in [-0.25, -0.2) is 4.98 Å². The number of aromatic nitrogens is 2. The molecule has 0 unspecified atom stereocenters. The van der Waals surface area contributed by atoms with Crippen LogP contribution in [0, 0.1) is 6.92 Å². The van der Waals surface area contributed by atoms with Crippen LogP contribution >= 0.6 is 34.8 Å². The van der Waals surface area contributed by atoms with Crippen molar-refractivity contribution in [3.8, 4) is 28.6 Å². The predicted molar refractivity (Wildman–Crippen MR) is 183 cm³/mol. The standard InChI is InChI=1S/C35H32Cl3N3O4/c1-6-44-31-13-21(4)27(17-26(31)20(2)3)34-40-30-10-8-7-9-25(30)35(42)41(34)39-18-23-15-24(36)16-32(43-5)33(23)45-19-22-11-12-28(37)29(38)14-22/h7-18,20H,6,19H2,1-5H3. The van der Waals surface area contributed by atoms with Crippen molar-refractivity contribution in [1.29, 1.82) is 0 Å². The van der Waals surface area contributed by atoms with Gasteiger partial charge in [0, 0.05) is 22.2 Å². The van der Waals surface area contributed by atoms with Gasteiger partial charge < -0.3 is 14.2 Å². The fourth-order valence-corrected chi connectivity index (χ4v) is 5.51. The smallest absolute Gasteiger partial charge is 0.282 e. The van der Waals surface area contributed by atoms with Crippen molar-refractivity contribution >= 4 is 51.9 Å². The zero-order valence-electron chi connectivity index (χ0n) is 25.5. The molecule has 0 aliphatic carbocycles. The van der Waals surface area contributed by atoms with E-state index in [1.807, 2.05) is 44.2 Å². The van der Waals surface area contributed by atoms with E-state index in [1.54, 1.807) is 36.4 Å². The third-order valence-electron chi connectivity index (χ3n) is 7.22. The van der Waals surface area contributed by atoms with Gasteiger partial charge >= 0.3 is 0 Å². The SMILES string of the molecule is CCOc1cc(C)c(-c2nc3ccccc3c(=O)n2N=Cc2cc(Cl)cc(OC)c2OCc2ccc(Cl)c(Cl)c2)cc1C(C)C. The summed E-state index contributed by atoms with van der Waals surface area (Å²) in [6, 6.07) is 19.8. The van der Waals surface area contributed by atoms with E-state index in [0.29, 0.717) is 55.5 Å². The largest absolute Gasteiger partial charge is 0.494 e. The van der Waals surface area contributed by atoms with Crippen LogP contribution in [0.1, 0.15) is 48.9 Å². The van der Waals surface area contributed by atoms with E-state index in [0.717, 1.165) is 28.0 Å². The first kappa shape index (κ1) is 32.4. The van der Waals surface area contributed by atoms with E-state index < -0.39 is 0 Å². The molecule has 0 saturated heterocycles. The lowest BCUT2D eigenvalue weighted by molar-refractivity contribution is 0.284. The number of rotatable bonds is 10. The summed E-state index contributed by atoms with van der Waals surface area (Å²) in [6.07, 6.45) is 1.52. The summed E-state index contributed by atoms with van der Waals surface area (Å²) < 4.78 is 19.1. The first-order valence-corrected chi connectivity index (χ1v) is 15.5. The average molecular weight is 665 g/mol. The van der Waals surface area contributed by atoms with Crippen LogP contribution in [0.2, 0.25) is 15.1 Å². The molecule has 1 heterocycles. The maximum atomic E-state index is 14.0. The van der Waals surface area contributed by atoms with Crippen molar-refractivity contribution in [2.45, 2.75) is 40.2 Å². The number of ether oxygens (including phenoxy) is 3. The van der Waals surface area contributed by atoms with Crippen LogP contribution in [0.15, 0.2) is 76.6 Å². The molecule has 5 aromatic rings. The highest BCUT2D eigenvalue weighted by Gasteiger charge is 2.19. The van der Waals surface area contributed by atoms with Gasteiger partial charge in [-0.15, -0.1) is 0 Å². The summed E-state index contributed by atoms with van der Waals surface area (Å²) >= 11 is 18.8. The second kappa shape index (κ2) is 13.9. The second-order valence-corrected chi connectivity index (χ2v) is 11.9. The quantitative estimate of drug-likeness (QED) is 0.139. The summed E-state index contributed by atoms with van der Waals surface area (Å²) in [5.41, 5.74) is 4.21. The van der Waals surface area contributed by atoms with E-state index >= 15 is 0 Å². The van der Waals surface area contributed by atoms with Gasteiger partial charge in [0.05, 0.1) is 40.9 Å². The number of hydrogen-bond acceptors (Lipinski definition) is 6. The van der Waals surface area contributed by atoms with Gasteiger partial charge in [-0.2, -0.15) is 9.78 Å². The first-order valence-electron chi connectivity index (χ1n) is 14.4. The Morgan fingerprint density at radius 3 is 2.44 bits per heavy atom. The molecule has 0 spiro atoms. The fourth-order valence-electron chi connectivity index (χ4n) is 4.97. The van der Waals surface area contributed by atoms with Crippen LogP contribution in [0.4, 0.5) is 0 Å². The number of benzene rings is 4. The molecule has 0 aliphatic rings. The normalized spacial score (nSPS) is 11.5.